The van der Waals surface area contributed by atoms with Gasteiger partial charge in [-0.05, 0) is 31.2 Å². The van der Waals surface area contributed by atoms with Crippen LogP contribution < -0.4 is 10.2 Å². The van der Waals surface area contributed by atoms with E-state index in [9.17, 15) is 15.0 Å². The lowest BCUT2D eigenvalue weighted by Crippen LogP contribution is -2.07. The molecule has 0 saturated carbocycles. The fraction of sp³-hybridized carbons (Fsp3) is 0.118. The predicted octanol–water partition coefficient (Wildman–Crippen LogP) is 3.19. The third-order valence-electron chi connectivity index (χ3n) is 3.53. The molecule has 1 aromatic heterocycles. The molecule has 3 aromatic rings. The van der Waals surface area contributed by atoms with Gasteiger partial charge in [0.15, 0.2) is 0 Å². The van der Waals surface area contributed by atoms with Crippen molar-refractivity contribution < 1.29 is 19.4 Å². The number of methoxy groups -OCH3 is 1. The number of hydrogen-bond donors (Lipinski definition) is 2. The van der Waals surface area contributed by atoms with Gasteiger partial charge < -0.3 is 19.4 Å². The molecule has 0 atom stereocenters. The summed E-state index contributed by atoms with van der Waals surface area (Å²) in [5.74, 6) is 0.721. The van der Waals surface area contributed by atoms with Crippen LogP contribution >= 0.6 is 0 Å². The molecular formula is C17H14O5. The molecule has 1 heterocycles. The fourth-order valence-electron chi connectivity index (χ4n) is 2.46. The van der Waals surface area contributed by atoms with Gasteiger partial charge in [-0.2, -0.15) is 0 Å². The van der Waals surface area contributed by atoms with Gasteiger partial charge in [-0.3, -0.25) is 4.79 Å². The molecular weight excluding hydrogens is 284 g/mol. The highest BCUT2D eigenvalue weighted by Gasteiger charge is 2.17. The first-order valence-corrected chi connectivity index (χ1v) is 6.65. The molecule has 2 N–H and O–H groups in total. The average molecular weight is 298 g/mol. The minimum Gasteiger partial charge on any atom is -0.508 e. The van der Waals surface area contributed by atoms with Crippen LogP contribution in [-0.4, -0.2) is 17.3 Å². The first-order valence-electron chi connectivity index (χ1n) is 6.65. The Labute approximate surface area is 126 Å². The van der Waals surface area contributed by atoms with Crippen molar-refractivity contribution in [2.75, 3.05) is 7.11 Å². The molecule has 2 aromatic carbocycles. The van der Waals surface area contributed by atoms with Crippen molar-refractivity contribution >= 4 is 11.0 Å². The van der Waals surface area contributed by atoms with Crippen LogP contribution in [-0.2, 0) is 0 Å². The number of fused-ring (bicyclic) bond motifs is 1. The number of phenolic OH excluding ortho intramolecular Hbond substituents is 2. The summed E-state index contributed by atoms with van der Waals surface area (Å²) in [7, 11) is 1.54. The van der Waals surface area contributed by atoms with Gasteiger partial charge in [0, 0.05) is 17.7 Å². The molecule has 0 spiro atoms. The van der Waals surface area contributed by atoms with Crippen molar-refractivity contribution in [2.24, 2.45) is 0 Å². The van der Waals surface area contributed by atoms with Crippen LogP contribution in [0.3, 0.4) is 0 Å². The van der Waals surface area contributed by atoms with Crippen molar-refractivity contribution in [3.63, 3.8) is 0 Å². The zero-order valence-electron chi connectivity index (χ0n) is 12.1. The zero-order chi connectivity index (χ0) is 15.9. The molecule has 0 bridgehead atoms. The van der Waals surface area contributed by atoms with Crippen LogP contribution in [0.25, 0.3) is 22.1 Å². The Morgan fingerprint density at radius 1 is 1.09 bits per heavy atom. The van der Waals surface area contributed by atoms with Crippen LogP contribution in [0.2, 0.25) is 0 Å². The molecule has 0 unspecified atom stereocenters. The minimum absolute atomic E-state index is 0.0752. The van der Waals surface area contributed by atoms with Gasteiger partial charge in [-0.1, -0.05) is 0 Å². The second kappa shape index (κ2) is 5.11. The number of aryl methyl sites for hydroxylation is 1. The van der Waals surface area contributed by atoms with E-state index >= 15 is 0 Å². The van der Waals surface area contributed by atoms with Gasteiger partial charge in [-0.25, -0.2) is 0 Å². The summed E-state index contributed by atoms with van der Waals surface area (Å²) in [6.07, 6.45) is 0. The Hall–Kier alpha value is -2.95. The average Bonchev–Trinajstić information content (AvgIpc) is 2.48. The summed E-state index contributed by atoms with van der Waals surface area (Å²) in [5.41, 5.74) is 0.767. The maximum Gasteiger partial charge on any atom is 0.200 e. The molecule has 5 nitrogen and oxygen atoms in total. The highest BCUT2D eigenvalue weighted by atomic mass is 16.5. The van der Waals surface area contributed by atoms with Crippen molar-refractivity contribution in [3.8, 4) is 28.4 Å². The maximum atomic E-state index is 12.7. The van der Waals surface area contributed by atoms with Gasteiger partial charge >= 0.3 is 0 Å². The molecule has 0 aliphatic rings. The van der Waals surface area contributed by atoms with E-state index < -0.39 is 0 Å². The van der Waals surface area contributed by atoms with Crippen LogP contribution in [0.5, 0.6) is 17.2 Å². The van der Waals surface area contributed by atoms with E-state index in [1.807, 2.05) is 0 Å². The van der Waals surface area contributed by atoms with Crippen LogP contribution in [0.1, 0.15) is 5.76 Å². The van der Waals surface area contributed by atoms with Crippen molar-refractivity contribution in [1.29, 1.82) is 0 Å². The molecule has 0 saturated heterocycles. The SMILES string of the molecule is COc1ccc2c(=O)c(-c3ccc(O)cc3O)c(C)oc2c1. The molecule has 0 aliphatic carbocycles. The number of hydrogen-bond acceptors (Lipinski definition) is 5. The summed E-state index contributed by atoms with van der Waals surface area (Å²) < 4.78 is 10.8. The van der Waals surface area contributed by atoms with Gasteiger partial charge in [0.25, 0.3) is 0 Å². The first-order chi connectivity index (χ1) is 10.5. The zero-order valence-corrected chi connectivity index (χ0v) is 12.1. The molecule has 0 aliphatic heterocycles. The van der Waals surface area contributed by atoms with Gasteiger partial charge in [0.05, 0.1) is 18.1 Å². The molecule has 0 amide bonds. The lowest BCUT2D eigenvalue weighted by molar-refractivity contribution is 0.414. The lowest BCUT2D eigenvalue weighted by atomic mass is 10.0. The Morgan fingerprint density at radius 2 is 1.86 bits per heavy atom. The summed E-state index contributed by atoms with van der Waals surface area (Å²) in [5, 5.41) is 19.8. The smallest absolute Gasteiger partial charge is 0.200 e. The fourth-order valence-corrected chi connectivity index (χ4v) is 2.46. The van der Waals surface area contributed by atoms with Crippen LogP contribution in [0.15, 0.2) is 45.6 Å². The summed E-state index contributed by atoms with van der Waals surface area (Å²) in [4.78, 5) is 12.7. The minimum atomic E-state index is -0.248. The van der Waals surface area contributed by atoms with Crippen LogP contribution in [0, 0.1) is 6.92 Å². The van der Waals surface area contributed by atoms with Crippen molar-refractivity contribution in [1.82, 2.24) is 0 Å². The molecule has 22 heavy (non-hydrogen) atoms. The van der Waals surface area contributed by atoms with Gasteiger partial charge in [-0.15, -0.1) is 0 Å². The second-order valence-corrected chi connectivity index (χ2v) is 4.93. The Bertz CT molecular complexity index is 924. The molecule has 5 heteroatoms. The molecule has 3 rings (SSSR count). The molecule has 0 fully saturated rings. The highest BCUT2D eigenvalue weighted by Crippen LogP contribution is 2.33. The number of aromatic hydroxyl groups is 2. The number of rotatable bonds is 2. The number of benzene rings is 2. The Kier molecular flexibility index (Phi) is 3.25. The predicted molar refractivity (Wildman–Crippen MR) is 82.5 cm³/mol. The second-order valence-electron chi connectivity index (χ2n) is 4.93. The first kappa shape index (κ1) is 14.0. The van der Waals surface area contributed by atoms with E-state index in [1.54, 1.807) is 25.1 Å². The topological polar surface area (TPSA) is 79.9 Å². The molecule has 112 valence electrons. The monoisotopic (exact) mass is 298 g/mol. The Balaban J connectivity index is 2.33. The maximum absolute atomic E-state index is 12.7. The van der Waals surface area contributed by atoms with E-state index in [0.29, 0.717) is 28.0 Å². The van der Waals surface area contributed by atoms with E-state index in [2.05, 4.69) is 0 Å². The lowest BCUT2D eigenvalue weighted by Gasteiger charge is -2.09. The van der Waals surface area contributed by atoms with E-state index in [-0.39, 0.29) is 22.5 Å². The highest BCUT2D eigenvalue weighted by molar-refractivity contribution is 5.85. The third-order valence-corrected chi connectivity index (χ3v) is 3.53. The molecule has 0 radical (unpaired) electrons. The largest absolute Gasteiger partial charge is 0.508 e. The summed E-state index contributed by atoms with van der Waals surface area (Å²) >= 11 is 0. The van der Waals surface area contributed by atoms with Crippen LogP contribution in [0.4, 0.5) is 0 Å². The standard InChI is InChI=1S/C17H14O5/c1-9-16(12-5-3-10(18)7-14(12)19)17(20)13-6-4-11(21-2)8-15(13)22-9/h3-8,18-19H,1-2H3. The Morgan fingerprint density at radius 3 is 2.55 bits per heavy atom. The quantitative estimate of drug-likeness (QED) is 0.759. The number of phenols is 2. The number of ether oxygens (including phenoxy) is 1. The van der Waals surface area contributed by atoms with Gasteiger partial charge in [0.2, 0.25) is 5.43 Å². The summed E-state index contributed by atoms with van der Waals surface area (Å²) in [6.45, 7) is 1.65. The van der Waals surface area contributed by atoms with Crippen molar-refractivity contribution in [3.05, 3.63) is 52.4 Å². The third kappa shape index (κ3) is 2.16. The van der Waals surface area contributed by atoms with E-state index in [4.69, 9.17) is 9.15 Å². The summed E-state index contributed by atoms with van der Waals surface area (Å²) in [6, 6.07) is 9.03. The van der Waals surface area contributed by atoms with E-state index in [0.717, 1.165) is 0 Å². The van der Waals surface area contributed by atoms with Crippen molar-refractivity contribution in [2.45, 2.75) is 6.92 Å². The van der Waals surface area contributed by atoms with E-state index in [1.165, 1.54) is 25.3 Å². The van der Waals surface area contributed by atoms with Gasteiger partial charge in [0.1, 0.15) is 28.6 Å². The normalized spacial score (nSPS) is 10.8.